The third kappa shape index (κ3) is 4.09. The molecule has 3 nitrogen and oxygen atoms in total. The van der Waals surface area contributed by atoms with E-state index < -0.39 is 0 Å². The zero-order chi connectivity index (χ0) is 13.7. The monoisotopic (exact) mass is 287 g/mol. The average molecular weight is 288 g/mol. The molecule has 1 amide bonds. The van der Waals surface area contributed by atoms with Crippen molar-refractivity contribution in [3.63, 3.8) is 0 Å². The van der Waals surface area contributed by atoms with Gasteiger partial charge in [-0.15, -0.1) is 11.6 Å². The molecule has 0 bridgehead atoms. The molecule has 110 valence electrons. The van der Waals surface area contributed by atoms with Gasteiger partial charge in [0, 0.05) is 18.9 Å². The smallest absolute Gasteiger partial charge is 0.220 e. The summed E-state index contributed by atoms with van der Waals surface area (Å²) in [4.78, 5) is 12.1. The van der Waals surface area contributed by atoms with Crippen LogP contribution in [0.15, 0.2) is 0 Å². The molecule has 0 aromatic heterocycles. The van der Waals surface area contributed by atoms with E-state index in [1.807, 2.05) is 6.92 Å². The first-order chi connectivity index (χ1) is 9.17. The summed E-state index contributed by atoms with van der Waals surface area (Å²) >= 11 is 6.10. The molecule has 0 saturated heterocycles. The molecule has 0 radical (unpaired) electrons. The maximum Gasteiger partial charge on any atom is 0.220 e. The van der Waals surface area contributed by atoms with Gasteiger partial charge in [0.25, 0.3) is 0 Å². The molecule has 0 aromatic carbocycles. The molecule has 19 heavy (non-hydrogen) atoms. The van der Waals surface area contributed by atoms with Gasteiger partial charge in [-0.2, -0.15) is 0 Å². The fourth-order valence-corrected chi connectivity index (χ4v) is 3.68. The summed E-state index contributed by atoms with van der Waals surface area (Å²) in [5, 5.41) is 3.22. The van der Waals surface area contributed by atoms with E-state index in [1.165, 1.54) is 19.3 Å². The van der Waals surface area contributed by atoms with Crippen LogP contribution >= 0.6 is 11.6 Å². The third-order valence-corrected chi connectivity index (χ3v) is 5.05. The van der Waals surface area contributed by atoms with Gasteiger partial charge in [0.15, 0.2) is 0 Å². The summed E-state index contributed by atoms with van der Waals surface area (Å²) in [5.41, 5.74) is -0.125. The SMILES string of the molecule is CCOC1CC(CC(=O)NC2(CCl)CCCCC2)C1. The fraction of sp³-hybridized carbons (Fsp3) is 0.933. The molecule has 2 fully saturated rings. The number of amides is 1. The van der Waals surface area contributed by atoms with Crippen LogP contribution in [0.1, 0.15) is 58.3 Å². The molecule has 1 N–H and O–H groups in total. The van der Waals surface area contributed by atoms with Crippen molar-refractivity contribution in [1.82, 2.24) is 5.32 Å². The summed E-state index contributed by atoms with van der Waals surface area (Å²) in [7, 11) is 0. The van der Waals surface area contributed by atoms with Gasteiger partial charge in [-0.1, -0.05) is 19.3 Å². The summed E-state index contributed by atoms with van der Waals surface area (Å²) in [6.07, 6.45) is 8.81. The lowest BCUT2D eigenvalue weighted by Gasteiger charge is -2.38. The standard InChI is InChI=1S/C15H26ClNO2/c1-2-19-13-8-12(9-13)10-14(18)17-15(11-16)6-4-3-5-7-15/h12-13H,2-11H2,1H3,(H,17,18). The number of carbonyl (C=O) groups is 1. The Kier molecular flexibility index (Phi) is 5.52. The van der Waals surface area contributed by atoms with Gasteiger partial charge in [0.2, 0.25) is 5.91 Å². The van der Waals surface area contributed by atoms with Crippen LogP contribution in [0, 0.1) is 5.92 Å². The molecule has 0 heterocycles. The molecular weight excluding hydrogens is 262 g/mol. The van der Waals surface area contributed by atoms with Gasteiger partial charge in [-0.3, -0.25) is 4.79 Å². The molecule has 0 aliphatic heterocycles. The minimum absolute atomic E-state index is 0.125. The van der Waals surface area contributed by atoms with E-state index in [2.05, 4.69) is 5.32 Å². The Balaban J connectivity index is 1.72. The lowest BCUT2D eigenvalue weighted by molar-refractivity contribution is -0.126. The van der Waals surface area contributed by atoms with Crippen LogP contribution in [-0.2, 0) is 9.53 Å². The van der Waals surface area contributed by atoms with E-state index in [1.54, 1.807) is 0 Å². The second kappa shape index (κ2) is 6.94. The second-order valence-corrected chi connectivity index (χ2v) is 6.41. The predicted octanol–water partition coefficient (Wildman–Crippen LogP) is 3.25. The largest absolute Gasteiger partial charge is 0.378 e. The van der Waals surface area contributed by atoms with E-state index in [4.69, 9.17) is 16.3 Å². The first-order valence-electron chi connectivity index (χ1n) is 7.66. The molecule has 2 saturated carbocycles. The Hall–Kier alpha value is -0.280. The highest BCUT2D eigenvalue weighted by molar-refractivity contribution is 6.18. The van der Waals surface area contributed by atoms with Gasteiger partial charge >= 0.3 is 0 Å². The molecule has 2 aliphatic rings. The van der Waals surface area contributed by atoms with Crippen molar-refractivity contribution in [1.29, 1.82) is 0 Å². The van der Waals surface area contributed by atoms with Crippen molar-refractivity contribution in [3.8, 4) is 0 Å². The summed E-state index contributed by atoms with van der Waals surface area (Å²) in [5.74, 6) is 1.24. The number of ether oxygens (including phenoxy) is 1. The second-order valence-electron chi connectivity index (χ2n) is 6.14. The number of halogens is 1. The van der Waals surface area contributed by atoms with Crippen LogP contribution in [0.25, 0.3) is 0 Å². The summed E-state index contributed by atoms with van der Waals surface area (Å²) in [6, 6.07) is 0. The molecule has 0 atom stereocenters. The van der Waals surface area contributed by atoms with Gasteiger partial charge in [0.05, 0.1) is 11.6 Å². The van der Waals surface area contributed by atoms with Crippen molar-refractivity contribution >= 4 is 17.5 Å². The van der Waals surface area contributed by atoms with Crippen LogP contribution in [0.4, 0.5) is 0 Å². The van der Waals surface area contributed by atoms with Crippen molar-refractivity contribution in [2.75, 3.05) is 12.5 Å². The quantitative estimate of drug-likeness (QED) is 0.762. The van der Waals surface area contributed by atoms with Crippen LogP contribution in [0.2, 0.25) is 0 Å². The van der Waals surface area contributed by atoms with Crippen LogP contribution in [-0.4, -0.2) is 30.0 Å². The van der Waals surface area contributed by atoms with Crippen molar-refractivity contribution in [3.05, 3.63) is 0 Å². The minimum Gasteiger partial charge on any atom is -0.378 e. The van der Waals surface area contributed by atoms with Gasteiger partial charge in [0.1, 0.15) is 0 Å². The highest BCUT2D eigenvalue weighted by Crippen LogP contribution is 2.34. The number of hydrogen-bond donors (Lipinski definition) is 1. The van der Waals surface area contributed by atoms with E-state index in [-0.39, 0.29) is 11.4 Å². The summed E-state index contributed by atoms with van der Waals surface area (Å²) in [6.45, 7) is 2.80. The minimum atomic E-state index is -0.125. The Labute approximate surface area is 121 Å². The maximum absolute atomic E-state index is 12.1. The average Bonchev–Trinajstić information content (AvgIpc) is 2.37. The maximum atomic E-state index is 12.1. The Morgan fingerprint density at radius 3 is 2.58 bits per heavy atom. The van der Waals surface area contributed by atoms with Gasteiger partial charge < -0.3 is 10.1 Å². The van der Waals surface area contributed by atoms with E-state index in [9.17, 15) is 4.79 Å². The number of hydrogen-bond acceptors (Lipinski definition) is 2. The number of rotatable bonds is 6. The Morgan fingerprint density at radius 1 is 1.32 bits per heavy atom. The molecule has 0 aromatic rings. The number of carbonyl (C=O) groups excluding carboxylic acids is 1. The lowest BCUT2D eigenvalue weighted by atomic mass is 9.79. The zero-order valence-electron chi connectivity index (χ0n) is 11.9. The van der Waals surface area contributed by atoms with E-state index in [0.29, 0.717) is 24.3 Å². The topological polar surface area (TPSA) is 38.3 Å². The first-order valence-corrected chi connectivity index (χ1v) is 8.19. The van der Waals surface area contributed by atoms with Crippen LogP contribution in [0.5, 0.6) is 0 Å². The van der Waals surface area contributed by atoms with E-state index >= 15 is 0 Å². The molecule has 2 rings (SSSR count). The van der Waals surface area contributed by atoms with Crippen molar-refractivity contribution in [2.45, 2.75) is 69.9 Å². The molecule has 0 unspecified atom stereocenters. The van der Waals surface area contributed by atoms with E-state index in [0.717, 1.165) is 32.3 Å². The van der Waals surface area contributed by atoms with Crippen LogP contribution < -0.4 is 5.32 Å². The summed E-state index contributed by atoms with van der Waals surface area (Å²) < 4.78 is 5.53. The molecule has 2 aliphatic carbocycles. The zero-order valence-corrected chi connectivity index (χ0v) is 12.7. The highest BCUT2D eigenvalue weighted by atomic mass is 35.5. The van der Waals surface area contributed by atoms with Crippen molar-refractivity contribution in [2.24, 2.45) is 5.92 Å². The van der Waals surface area contributed by atoms with Gasteiger partial charge in [-0.05, 0) is 38.5 Å². The normalized spacial score (nSPS) is 29.6. The third-order valence-electron chi connectivity index (χ3n) is 4.54. The molecule has 0 spiro atoms. The molecule has 4 heteroatoms. The number of alkyl halides is 1. The predicted molar refractivity (Wildman–Crippen MR) is 77.4 cm³/mol. The molecular formula is C15H26ClNO2. The Bertz CT molecular complexity index is 297. The number of nitrogens with one attached hydrogen (secondary N) is 1. The highest BCUT2D eigenvalue weighted by Gasteiger charge is 2.35. The lowest BCUT2D eigenvalue weighted by Crippen LogP contribution is -2.52. The Morgan fingerprint density at radius 2 is 2.00 bits per heavy atom. The van der Waals surface area contributed by atoms with Crippen molar-refractivity contribution < 1.29 is 9.53 Å². The first kappa shape index (κ1) is 15.1. The van der Waals surface area contributed by atoms with Gasteiger partial charge in [-0.25, -0.2) is 0 Å². The fourth-order valence-electron chi connectivity index (χ4n) is 3.34. The van der Waals surface area contributed by atoms with Crippen LogP contribution in [0.3, 0.4) is 0 Å².